The molecular formula is C16H20FNO5. The van der Waals surface area contributed by atoms with Crippen molar-refractivity contribution in [3.8, 4) is 0 Å². The maximum Gasteiger partial charge on any atom is 0.328 e. The summed E-state index contributed by atoms with van der Waals surface area (Å²) in [5.41, 5.74) is -0.553. The summed E-state index contributed by atoms with van der Waals surface area (Å²) < 4.78 is 22.6. The van der Waals surface area contributed by atoms with Gasteiger partial charge in [0.2, 0.25) is 0 Å². The Morgan fingerprint density at radius 1 is 1.17 bits per heavy atom. The Hall–Kier alpha value is -2.44. The Labute approximate surface area is 134 Å². The van der Waals surface area contributed by atoms with Crippen LogP contribution < -0.4 is 5.32 Å². The van der Waals surface area contributed by atoms with E-state index < -0.39 is 35.3 Å². The van der Waals surface area contributed by atoms with Crippen LogP contribution in [0.2, 0.25) is 0 Å². The number of ether oxygens (including phenoxy) is 2. The Morgan fingerprint density at radius 3 is 2.22 bits per heavy atom. The van der Waals surface area contributed by atoms with Crippen LogP contribution in [0.3, 0.4) is 0 Å². The lowest BCUT2D eigenvalue weighted by Crippen LogP contribution is -2.43. The summed E-state index contributed by atoms with van der Waals surface area (Å²) in [5.74, 6) is -2.53. The van der Waals surface area contributed by atoms with Gasteiger partial charge in [0.05, 0.1) is 13.5 Å². The fourth-order valence-corrected chi connectivity index (χ4v) is 1.73. The summed E-state index contributed by atoms with van der Waals surface area (Å²) >= 11 is 0. The van der Waals surface area contributed by atoms with E-state index in [0.717, 1.165) is 19.2 Å². The molecule has 0 spiro atoms. The van der Waals surface area contributed by atoms with Crippen LogP contribution in [0.25, 0.3) is 0 Å². The van der Waals surface area contributed by atoms with E-state index in [9.17, 15) is 18.8 Å². The van der Waals surface area contributed by atoms with Gasteiger partial charge in [-0.3, -0.25) is 9.59 Å². The summed E-state index contributed by atoms with van der Waals surface area (Å²) in [6.45, 7) is 5.07. The number of halogens is 1. The van der Waals surface area contributed by atoms with Gasteiger partial charge in [-0.1, -0.05) is 0 Å². The average Bonchev–Trinajstić information content (AvgIpc) is 2.44. The van der Waals surface area contributed by atoms with Crippen LogP contribution in [0.1, 0.15) is 37.6 Å². The topological polar surface area (TPSA) is 81.7 Å². The van der Waals surface area contributed by atoms with Gasteiger partial charge in [0.15, 0.2) is 0 Å². The largest absolute Gasteiger partial charge is 0.467 e. The molecule has 1 N–H and O–H groups in total. The van der Waals surface area contributed by atoms with Gasteiger partial charge in [-0.25, -0.2) is 9.18 Å². The van der Waals surface area contributed by atoms with Gasteiger partial charge in [-0.15, -0.1) is 0 Å². The van der Waals surface area contributed by atoms with Gasteiger partial charge in [0.1, 0.15) is 17.5 Å². The summed E-state index contributed by atoms with van der Waals surface area (Å²) in [5, 5.41) is 2.38. The number of benzene rings is 1. The van der Waals surface area contributed by atoms with Crippen molar-refractivity contribution in [2.24, 2.45) is 0 Å². The summed E-state index contributed by atoms with van der Waals surface area (Å²) in [7, 11) is 1.15. The highest BCUT2D eigenvalue weighted by atomic mass is 19.1. The quantitative estimate of drug-likeness (QED) is 0.835. The molecule has 1 amide bonds. The van der Waals surface area contributed by atoms with E-state index in [0.29, 0.717) is 0 Å². The molecule has 0 heterocycles. The molecule has 0 aliphatic heterocycles. The van der Waals surface area contributed by atoms with Gasteiger partial charge in [-0.05, 0) is 45.0 Å². The third-order valence-electron chi connectivity index (χ3n) is 2.69. The van der Waals surface area contributed by atoms with E-state index in [1.54, 1.807) is 20.8 Å². The molecule has 0 saturated carbocycles. The second-order valence-electron chi connectivity index (χ2n) is 5.85. The van der Waals surface area contributed by atoms with E-state index in [4.69, 9.17) is 4.74 Å². The lowest BCUT2D eigenvalue weighted by Gasteiger charge is -2.22. The molecule has 0 unspecified atom stereocenters. The SMILES string of the molecule is COC(=O)[C@@H](CC(=O)OC(C)(C)C)NC(=O)c1ccc(F)cc1. The van der Waals surface area contributed by atoms with Gasteiger partial charge in [0.25, 0.3) is 5.91 Å². The van der Waals surface area contributed by atoms with Crippen LogP contribution in [-0.4, -0.2) is 36.6 Å². The normalized spacial score (nSPS) is 12.2. The number of hydrogen-bond donors (Lipinski definition) is 1. The number of nitrogens with one attached hydrogen (secondary N) is 1. The van der Waals surface area contributed by atoms with Crippen molar-refractivity contribution >= 4 is 17.8 Å². The number of amides is 1. The average molecular weight is 325 g/mol. The van der Waals surface area contributed by atoms with E-state index in [2.05, 4.69) is 10.1 Å². The third-order valence-corrected chi connectivity index (χ3v) is 2.69. The Morgan fingerprint density at radius 2 is 1.74 bits per heavy atom. The Kier molecular flexibility index (Phi) is 6.24. The van der Waals surface area contributed by atoms with Crippen LogP contribution in [0.4, 0.5) is 4.39 Å². The minimum Gasteiger partial charge on any atom is -0.467 e. The molecule has 0 aromatic heterocycles. The number of methoxy groups -OCH3 is 1. The van der Waals surface area contributed by atoms with Gasteiger partial charge in [0, 0.05) is 5.56 Å². The number of carbonyl (C=O) groups excluding carboxylic acids is 3. The molecule has 23 heavy (non-hydrogen) atoms. The highest BCUT2D eigenvalue weighted by Crippen LogP contribution is 2.10. The minimum atomic E-state index is -1.19. The zero-order chi connectivity index (χ0) is 17.6. The van der Waals surface area contributed by atoms with E-state index in [-0.39, 0.29) is 12.0 Å². The monoisotopic (exact) mass is 325 g/mol. The molecule has 6 nitrogen and oxygen atoms in total. The molecule has 126 valence electrons. The lowest BCUT2D eigenvalue weighted by molar-refractivity contribution is -0.158. The van der Waals surface area contributed by atoms with Gasteiger partial charge < -0.3 is 14.8 Å². The van der Waals surface area contributed by atoms with Crippen molar-refractivity contribution in [3.63, 3.8) is 0 Å². The Balaban J connectivity index is 2.78. The van der Waals surface area contributed by atoms with Crippen molar-refractivity contribution in [2.75, 3.05) is 7.11 Å². The Bertz CT molecular complexity index is 577. The molecule has 7 heteroatoms. The van der Waals surface area contributed by atoms with Crippen molar-refractivity contribution in [1.29, 1.82) is 0 Å². The van der Waals surface area contributed by atoms with Gasteiger partial charge in [-0.2, -0.15) is 0 Å². The maximum atomic E-state index is 12.9. The fraction of sp³-hybridized carbons (Fsp3) is 0.438. The van der Waals surface area contributed by atoms with Crippen LogP contribution >= 0.6 is 0 Å². The van der Waals surface area contributed by atoms with Crippen molar-refractivity contribution in [2.45, 2.75) is 38.8 Å². The molecule has 1 aromatic rings. The van der Waals surface area contributed by atoms with Crippen LogP contribution in [0.5, 0.6) is 0 Å². The second kappa shape index (κ2) is 7.71. The van der Waals surface area contributed by atoms with Crippen LogP contribution in [0.15, 0.2) is 24.3 Å². The summed E-state index contributed by atoms with van der Waals surface area (Å²) in [6.07, 6.45) is -0.364. The summed E-state index contributed by atoms with van der Waals surface area (Å²) in [6, 6.07) is 3.59. The van der Waals surface area contributed by atoms with Crippen LogP contribution in [-0.2, 0) is 19.1 Å². The first kappa shape index (κ1) is 18.6. The zero-order valence-electron chi connectivity index (χ0n) is 13.5. The first-order valence-corrected chi connectivity index (χ1v) is 6.98. The molecule has 0 aliphatic rings. The molecule has 0 fully saturated rings. The highest BCUT2D eigenvalue weighted by Gasteiger charge is 2.27. The second-order valence-corrected chi connectivity index (χ2v) is 5.85. The van der Waals surface area contributed by atoms with E-state index in [1.807, 2.05) is 0 Å². The predicted molar refractivity (Wildman–Crippen MR) is 80.1 cm³/mol. The first-order chi connectivity index (χ1) is 10.6. The third kappa shape index (κ3) is 6.46. The van der Waals surface area contributed by atoms with E-state index >= 15 is 0 Å². The van der Waals surface area contributed by atoms with Gasteiger partial charge >= 0.3 is 11.9 Å². The lowest BCUT2D eigenvalue weighted by atomic mass is 10.1. The molecule has 0 radical (unpaired) electrons. The van der Waals surface area contributed by atoms with Crippen molar-refractivity contribution in [3.05, 3.63) is 35.6 Å². The molecule has 1 rings (SSSR count). The minimum absolute atomic E-state index is 0.157. The van der Waals surface area contributed by atoms with Crippen molar-refractivity contribution < 1.29 is 28.2 Å². The molecule has 1 atom stereocenters. The van der Waals surface area contributed by atoms with Crippen molar-refractivity contribution in [1.82, 2.24) is 5.32 Å². The first-order valence-electron chi connectivity index (χ1n) is 6.98. The molecule has 0 bridgehead atoms. The molecule has 0 aliphatic carbocycles. The van der Waals surface area contributed by atoms with E-state index in [1.165, 1.54) is 12.1 Å². The number of rotatable bonds is 5. The maximum absolute atomic E-state index is 12.9. The number of hydrogen-bond acceptors (Lipinski definition) is 5. The zero-order valence-corrected chi connectivity index (χ0v) is 13.5. The molecule has 0 saturated heterocycles. The standard InChI is InChI=1S/C16H20FNO5/c1-16(2,3)23-13(19)9-12(15(21)22-4)18-14(20)10-5-7-11(17)8-6-10/h5-8,12H,9H2,1-4H3,(H,18,20)/t12-/m1/s1. The smallest absolute Gasteiger partial charge is 0.328 e. The summed E-state index contributed by atoms with van der Waals surface area (Å²) in [4.78, 5) is 35.6. The predicted octanol–water partition coefficient (Wildman–Crippen LogP) is 1.83. The van der Waals surface area contributed by atoms with Crippen LogP contribution in [0, 0.1) is 5.82 Å². The molecular weight excluding hydrogens is 305 g/mol. The molecule has 1 aromatic carbocycles. The number of esters is 2. The highest BCUT2D eigenvalue weighted by molar-refractivity contribution is 5.97. The number of carbonyl (C=O) groups is 3. The fourth-order valence-electron chi connectivity index (χ4n) is 1.73.